The van der Waals surface area contributed by atoms with Crippen LogP contribution in [0.2, 0.25) is 5.02 Å². The third-order valence-electron chi connectivity index (χ3n) is 3.11. The molecule has 1 aliphatic rings. The molecule has 5 heteroatoms. The molecule has 1 saturated heterocycles. The van der Waals surface area contributed by atoms with E-state index in [0.717, 1.165) is 18.7 Å². The van der Waals surface area contributed by atoms with E-state index in [4.69, 9.17) is 26.8 Å². The topological polar surface area (TPSA) is 56.5 Å². The maximum absolute atomic E-state index is 5.87. The lowest BCUT2D eigenvalue weighted by Crippen LogP contribution is -2.39. The van der Waals surface area contributed by atoms with Crippen molar-refractivity contribution in [3.8, 4) is 0 Å². The summed E-state index contributed by atoms with van der Waals surface area (Å²) in [6, 6.07) is 5.41. The Kier molecular flexibility index (Phi) is 3.76. The highest BCUT2D eigenvalue weighted by Gasteiger charge is 2.34. The van der Waals surface area contributed by atoms with Gasteiger partial charge >= 0.3 is 0 Å². The molecule has 1 aliphatic heterocycles. The van der Waals surface area contributed by atoms with Gasteiger partial charge in [-0.05, 0) is 18.2 Å². The van der Waals surface area contributed by atoms with Gasteiger partial charge in [0.1, 0.15) is 5.60 Å². The number of methoxy groups -OCH3 is 1. The molecule has 0 amide bonds. The van der Waals surface area contributed by atoms with Gasteiger partial charge in [0.25, 0.3) is 0 Å². The van der Waals surface area contributed by atoms with Gasteiger partial charge in [-0.2, -0.15) is 0 Å². The number of nitrogens with one attached hydrogen (secondary N) is 1. The van der Waals surface area contributed by atoms with Crippen LogP contribution < -0.4 is 11.1 Å². The van der Waals surface area contributed by atoms with Crippen molar-refractivity contribution in [2.45, 2.75) is 12.0 Å². The molecule has 1 aromatic rings. The fraction of sp³-hybridized carbons (Fsp3) is 0.500. The van der Waals surface area contributed by atoms with Crippen LogP contribution in [0.15, 0.2) is 18.2 Å². The van der Waals surface area contributed by atoms with Gasteiger partial charge in [0.05, 0.1) is 18.0 Å². The minimum atomic E-state index is -0.244. The summed E-state index contributed by atoms with van der Waals surface area (Å²) in [7, 11) is 1.71. The van der Waals surface area contributed by atoms with E-state index in [1.807, 2.05) is 12.1 Å². The van der Waals surface area contributed by atoms with Crippen molar-refractivity contribution in [1.82, 2.24) is 0 Å². The van der Waals surface area contributed by atoms with Crippen molar-refractivity contribution >= 4 is 23.0 Å². The van der Waals surface area contributed by atoms with E-state index < -0.39 is 0 Å². The molecular weight excluding hydrogens is 240 g/mol. The molecule has 0 bridgehead atoms. The lowest BCUT2D eigenvalue weighted by Gasteiger charge is -2.26. The molecule has 1 atom stereocenters. The van der Waals surface area contributed by atoms with Crippen LogP contribution in [-0.4, -0.2) is 32.5 Å². The van der Waals surface area contributed by atoms with Crippen LogP contribution in [0.25, 0.3) is 0 Å². The largest absolute Gasteiger partial charge is 0.397 e. The Morgan fingerprint density at radius 3 is 3.00 bits per heavy atom. The van der Waals surface area contributed by atoms with Gasteiger partial charge in [-0.25, -0.2) is 0 Å². The van der Waals surface area contributed by atoms with Crippen LogP contribution in [0.4, 0.5) is 11.4 Å². The lowest BCUT2D eigenvalue weighted by molar-refractivity contribution is -0.00618. The normalized spacial score (nSPS) is 23.9. The maximum atomic E-state index is 5.87. The average Bonchev–Trinajstić information content (AvgIpc) is 2.77. The SMILES string of the molecule is COC1(CNc2ccc(Cl)cc2N)CCOC1. The summed E-state index contributed by atoms with van der Waals surface area (Å²) in [4.78, 5) is 0. The molecule has 0 radical (unpaired) electrons. The summed E-state index contributed by atoms with van der Waals surface area (Å²) in [6.45, 7) is 2.03. The van der Waals surface area contributed by atoms with Crippen LogP contribution >= 0.6 is 11.6 Å². The monoisotopic (exact) mass is 256 g/mol. The van der Waals surface area contributed by atoms with Gasteiger partial charge in [-0.1, -0.05) is 11.6 Å². The summed E-state index contributed by atoms with van der Waals surface area (Å²) in [5, 5.41) is 3.92. The minimum absolute atomic E-state index is 0.244. The molecule has 17 heavy (non-hydrogen) atoms. The molecule has 0 spiro atoms. The van der Waals surface area contributed by atoms with E-state index in [1.165, 1.54) is 0 Å². The van der Waals surface area contributed by atoms with Crippen LogP contribution in [0, 0.1) is 0 Å². The first-order valence-corrected chi connectivity index (χ1v) is 5.95. The van der Waals surface area contributed by atoms with Crippen molar-refractivity contribution < 1.29 is 9.47 Å². The first-order chi connectivity index (χ1) is 8.15. The number of anilines is 2. The zero-order valence-corrected chi connectivity index (χ0v) is 10.6. The predicted octanol–water partition coefficient (Wildman–Crippen LogP) is 2.14. The van der Waals surface area contributed by atoms with Crippen molar-refractivity contribution in [3.63, 3.8) is 0 Å². The highest BCUT2D eigenvalue weighted by atomic mass is 35.5. The van der Waals surface area contributed by atoms with E-state index in [1.54, 1.807) is 13.2 Å². The summed E-state index contributed by atoms with van der Waals surface area (Å²) in [5.41, 5.74) is 7.14. The Morgan fingerprint density at radius 2 is 2.41 bits per heavy atom. The van der Waals surface area contributed by atoms with Gasteiger partial charge in [0.15, 0.2) is 0 Å². The van der Waals surface area contributed by atoms with Crippen molar-refractivity contribution in [1.29, 1.82) is 0 Å². The number of benzene rings is 1. The molecule has 2 rings (SSSR count). The first kappa shape index (κ1) is 12.5. The summed E-state index contributed by atoms with van der Waals surface area (Å²) in [5.74, 6) is 0. The smallest absolute Gasteiger partial charge is 0.110 e. The molecule has 4 nitrogen and oxygen atoms in total. The molecule has 1 unspecified atom stereocenters. The van der Waals surface area contributed by atoms with Gasteiger partial charge in [-0.3, -0.25) is 0 Å². The number of hydrogen-bond donors (Lipinski definition) is 2. The molecular formula is C12H17ClN2O2. The van der Waals surface area contributed by atoms with Crippen LogP contribution in [0.1, 0.15) is 6.42 Å². The van der Waals surface area contributed by atoms with Crippen LogP contribution in [-0.2, 0) is 9.47 Å². The van der Waals surface area contributed by atoms with Gasteiger partial charge < -0.3 is 20.5 Å². The standard InChI is InChI=1S/C12H17ClN2O2/c1-16-12(4-5-17-8-12)7-15-11-3-2-9(13)6-10(11)14/h2-3,6,15H,4-5,7-8,14H2,1H3. The van der Waals surface area contributed by atoms with E-state index in [2.05, 4.69) is 5.32 Å². The number of rotatable bonds is 4. The number of halogens is 1. The van der Waals surface area contributed by atoms with E-state index in [0.29, 0.717) is 23.9 Å². The third-order valence-corrected chi connectivity index (χ3v) is 3.35. The summed E-state index contributed by atoms with van der Waals surface area (Å²) < 4.78 is 10.9. The average molecular weight is 257 g/mol. The molecule has 0 saturated carbocycles. The van der Waals surface area contributed by atoms with E-state index in [-0.39, 0.29) is 5.60 Å². The highest BCUT2D eigenvalue weighted by molar-refractivity contribution is 6.31. The molecule has 1 heterocycles. The van der Waals surface area contributed by atoms with Gasteiger partial charge in [-0.15, -0.1) is 0 Å². The van der Waals surface area contributed by atoms with E-state index in [9.17, 15) is 0 Å². The lowest BCUT2D eigenvalue weighted by atomic mass is 10.0. The van der Waals surface area contributed by atoms with Gasteiger partial charge in [0, 0.05) is 31.7 Å². The maximum Gasteiger partial charge on any atom is 0.110 e. The Morgan fingerprint density at radius 1 is 1.59 bits per heavy atom. The summed E-state index contributed by atoms with van der Waals surface area (Å²) in [6.07, 6.45) is 0.893. The molecule has 1 aromatic carbocycles. The van der Waals surface area contributed by atoms with Crippen LogP contribution in [0.3, 0.4) is 0 Å². The number of nitrogen functional groups attached to an aromatic ring is 1. The second-order valence-corrected chi connectivity index (χ2v) is 4.71. The second-order valence-electron chi connectivity index (χ2n) is 4.27. The Balaban J connectivity index is 2.01. The Hall–Kier alpha value is -0.970. The fourth-order valence-electron chi connectivity index (χ4n) is 1.91. The molecule has 3 N–H and O–H groups in total. The zero-order chi connectivity index (χ0) is 12.3. The number of ether oxygens (including phenoxy) is 2. The van der Waals surface area contributed by atoms with E-state index >= 15 is 0 Å². The molecule has 0 aromatic heterocycles. The fourth-order valence-corrected chi connectivity index (χ4v) is 2.09. The minimum Gasteiger partial charge on any atom is -0.397 e. The number of nitrogens with two attached hydrogens (primary N) is 1. The molecule has 1 fully saturated rings. The quantitative estimate of drug-likeness (QED) is 0.811. The van der Waals surface area contributed by atoms with Gasteiger partial charge in [0.2, 0.25) is 0 Å². The first-order valence-electron chi connectivity index (χ1n) is 5.57. The highest BCUT2D eigenvalue weighted by Crippen LogP contribution is 2.26. The van der Waals surface area contributed by atoms with Crippen molar-refractivity contribution in [2.75, 3.05) is 37.9 Å². The summed E-state index contributed by atoms with van der Waals surface area (Å²) >= 11 is 5.85. The Labute approximate surface area is 106 Å². The van der Waals surface area contributed by atoms with Crippen LogP contribution in [0.5, 0.6) is 0 Å². The Bertz CT molecular complexity index is 392. The third kappa shape index (κ3) is 2.83. The van der Waals surface area contributed by atoms with Crippen molar-refractivity contribution in [2.24, 2.45) is 0 Å². The second kappa shape index (κ2) is 5.12. The molecule has 94 valence electrons. The molecule has 0 aliphatic carbocycles. The van der Waals surface area contributed by atoms with Crippen molar-refractivity contribution in [3.05, 3.63) is 23.2 Å². The zero-order valence-electron chi connectivity index (χ0n) is 9.83. The predicted molar refractivity (Wildman–Crippen MR) is 69.5 cm³/mol. The number of hydrogen-bond acceptors (Lipinski definition) is 4.